The number of hydrogen-bond donors (Lipinski definition) is 2. The summed E-state index contributed by atoms with van der Waals surface area (Å²) in [6, 6.07) is 11.9. The van der Waals surface area contributed by atoms with Crippen LogP contribution < -0.4 is 5.32 Å². The minimum absolute atomic E-state index is 0.179. The lowest BCUT2D eigenvalue weighted by atomic mass is 9.94. The van der Waals surface area contributed by atoms with Gasteiger partial charge in [0.2, 0.25) is 5.91 Å². The Hall–Kier alpha value is -2.76. The van der Waals surface area contributed by atoms with Crippen molar-refractivity contribution >= 4 is 11.9 Å². The Labute approximate surface area is 149 Å². The van der Waals surface area contributed by atoms with Gasteiger partial charge in [-0.3, -0.25) is 9.59 Å². The number of halogens is 2. The van der Waals surface area contributed by atoms with Crippen molar-refractivity contribution < 1.29 is 23.5 Å². The average Bonchev–Trinajstić information content (AvgIpc) is 3.43. The molecule has 2 aromatic rings. The van der Waals surface area contributed by atoms with Crippen LogP contribution in [0, 0.1) is 23.5 Å². The molecule has 1 saturated carbocycles. The van der Waals surface area contributed by atoms with E-state index < -0.39 is 29.6 Å². The molecule has 4 nitrogen and oxygen atoms in total. The van der Waals surface area contributed by atoms with E-state index in [1.165, 1.54) is 6.07 Å². The molecule has 0 heterocycles. The Bertz CT molecular complexity index is 825. The zero-order valence-corrected chi connectivity index (χ0v) is 14.2. The normalized spacial score (nSPS) is 20.9. The fourth-order valence-electron chi connectivity index (χ4n) is 3.16. The van der Waals surface area contributed by atoms with Gasteiger partial charge >= 0.3 is 5.97 Å². The number of amides is 1. The van der Waals surface area contributed by atoms with E-state index in [0.717, 1.165) is 12.1 Å². The van der Waals surface area contributed by atoms with Crippen molar-refractivity contribution in [3.05, 3.63) is 71.3 Å². The molecule has 1 amide bonds. The lowest BCUT2D eigenvalue weighted by molar-refractivity contribution is -0.142. The summed E-state index contributed by atoms with van der Waals surface area (Å²) >= 11 is 0. The number of nitrogens with one attached hydrogen (secondary N) is 1. The second-order valence-electron chi connectivity index (χ2n) is 6.65. The summed E-state index contributed by atoms with van der Waals surface area (Å²) in [6.07, 6.45) is 0.528. The number of carboxylic acids is 1. The number of benzene rings is 2. The van der Waals surface area contributed by atoms with Crippen LogP contribution in [0.5, 0.6) is 0 Å². The largest absolute Gasteiger partial charge is 0.481 e. The van der Waals surface area contributed by atoms with Gasteiger partial charge in [0.05, 0.1) is 12.0 Å². The number of carboxylic acid groups (broad SMARTS) is 1. The fourth-order valence-corrected chi connectivity index (χ4v) is 3.16. The van der Waals surface area contributed by atoms with Crippen molar-refractivity contribution in [3.63, 3.8) is 0 Å². The number of aliphatic carboxylic acids is 1. The van der Waals surface area contributed by atoms with Gasteiger partial charge in [-0.2, -0.15) is 0 Å². The van der Waals surface area contributed by atoms with Crippen LogP contribution in [0.1, 0.15) is 36.4 Å². The summed E-state index contributed by atoms with van der Waals surface area (Å²) in [4.78, 5) is 24.0. The van der Waals surface area contributed by atoms with Gasteiger partial charge in [-0.15, -0.1) is 0 Å². The van der Waals surface area contributed by atoms with E-state index in [4.69, 9.17) is 0 Å². The van der Waals surface area contributed by atoms with Crippen LogP contribution in [0.4, 0.5) is 8.78 Å². The SMILES string of the molecule is CC(C(=O)O)C(NC(=O)C1CC1c1ccc(F)c(F)c1)c1ccccc1. The molecular weight excluding hydrogens is 340 g/mol. The molecule has 2 N–H and O–H groups in total. The van der Waals surface area contributed by atoms with Gasteiger partial charge < -0.3 is 10.4 Å². The molecule has 136 valence electrons. The molecule has 0 radical (unpaired) electrons. The summed E-state index contributed by atoms with van der Waals surface area (Å²) < 4.78 is 26.4. The Morgan fingerprint density at radius 2 is 1.81 bits per heavy atom. The van der Waals surface area contributed by atoms with Crippen LogP contribution in [0.25, 0.3) is 0 Å². The third-order valence-electron chi connectivity index (χ3n) is 4.84. The van der Waals surface area contributed by atoms with Crippen LogP contribution in [-0.4, -0.2) is 17.0 Å². The predicted octanol–water partition coefficient (Wildman–Crippen LogP) is 3.65. The predicted molar refractivity (Wildman–Crippen MR) is 91.3 cm³/mol. The third-order valence-corrected chi connectivity index (χ3v) is 4.84. The van der Waals surface area contributed by atoms with Gasteiger partial charge in [0.1, 0.15) is 0 Å². The molecule has 0 bridgehead atoms. The van der Waals surface area contributed by atoms with Crippen molar-refractivity contribution in [3.8, 4) is 0 Å². The third kappa shape index (κ3) is 3.74. The number of carbonyl (C=O) groups excluding carboxylic acids is 1. The van der Waals surface area contributed by atoms with E-state index >= 15 is 0 Å². The minimum atomic E-state index is -1.01. The molecule has 0 spiro atoms. The first-order valence-electron chi connectivity index (χ1n) is 8.41. The van der Waals surface area contributed by atoms with E-state index in [1.54, 1.807) is 31.2 Å². The Morgan fingerprint density at radius 1 is 1.12 bits per heavy atom. The van der Waals surface area contributed by atoms with E-state index in [-0.39, 0.29) is 17.7 Å². The highest BCUT2D eigenvalue weighted by Crippen LogP contribution is 2.48. The first-order valence-corrected chi connectivity index (χ1v) is 8.41. The van der Waals surface area contributed by atoms with Gasteiger partial charge in [-0.25, -0.2) is 8.78 Å². The molecule has 1 aliphatic rings. The van der Waals surface area contributed by atoms with Crippen molar-refractivity contribution in [2.75, 3.05) is 0 Å². The first kappa shape index (κ1) is 18.0. The Balaban J connectivity index is 1.73. The summed E-state index contributed by atoms with van der Waals surface area (Å²) in [7, 11) is 0. The molecule has 2 aromatic carbocycles. The molecule has 0 aromatic heterocycles. The topological polar surface area (TPSA) is 66.4 Å². The highest BCUT2D eigenvalue weighted by Gasteiger charge is 2.45. The lowest BCUT2D eigenvalue weighted by Gasteiger charge is -2.23. The van der Waals surface area contributed by atoms with Crippen LogP contribution in [0.3, 0.4) is 0 Å². The standard InChI is InChI=1S/C20H19F2NO3/c1-11(20(25)26)18(12-5-3-2-4-6-12)23-19(24)15-10-14(15)13-7-8-16(21)17(22)9-13/h2-9,11,14-15,18H,10H2,1H3,(H,23,24)(H,25,26). The van der Waals surface area contributed by atoms with Gasteiger partial charge in [0, 0.05) is 5.92 Å². The van der Waals surface area contributed by atoms with E-state index in [2.05, 4.69) is 5.32 Å². The van der Waals surface area contributed by atoms with Crippen LogP contribution in [-0.2, 0) is 9.59 Å². The maximum absolute atomic E-state index is 13.4. The second kappa shape index (κ2) is 7.23. The molecule has 4 atom stereocenters. The number of carbonyl (C=O) groups is 2. The van der Waals surface area contributed by atoms with Gasteiger partial charge in [-0.1, -0.05) is 36.4 Å². The molecule has 6 heteroatoms. The molecule has 3 rings (SSSR count). The maximum atomic E-state index is 13.4. The summed E-state index contributed by atoms with van der Waals surface area (Å²) in [6.45, 7) is 1.54. The Kier molecular flexibility index (Phi) is 5.02. The lowest BCUT2D eigenvalue weighted by Crippen LogP contribution is -2.36. The van der Waals surface area contributed by atoms with Gasteiger partial charge in [0.15, 0.2) is 11.6 Å². The van der Waals surface area contributed by atoms with Crippen molar-refractivity contribution in [1.29, 1.82) is 0 Å². The molecule has 1 aliphatic carbocycles. The van der Waals surface area contributed by atoms with Crippen molar-refractivity contribution in [2.24, 2.45) is 11.8 Å². The fraction of sp³-hybridized carbons (Fsp3) is 0.300. The number of hydrogen-bond acceptors (Lipinski definition) is 2. The zero-order valence-electron chi connectivity index (χ0n) is 14.2. The van der Waals surface area contributed by atoms with Crippen molar-refractivity contribution in [1.82, 2.24) is 5.32 Å². The average molecular weight is 359 g/mol. The quantitative estimate of drug-likeness (QED) is 0.827. The zero-order chi connectivity index (χ0) is 18.8. The second-order valence-corrected chi connectivity index (χ2v) is 6.65. The molecule has 0 saturated heterocycles. The Morgan fingerprint density at radius 3 is 2.42 bits per heavy atom. The smallest absolute Gasteiger partial charge is 0.308 e. The molecular formula is C20H19F2NO3. The summed E-state index contributed by atoms with van der Waals surface area (Å²) in [5, 5.41) is 12.2. The monoisotopic (exact) mass is 359 g/mol. The molecule has 0 aliphatic heterocycles. The van der Waals surface area contributed by atoms with Crippen molar-refractivity contribution in [2.45, 2.75) is 25.3 Å². The van der Waals surface area contributed by atoms with Crippen LogP contribution in [0.2, 0.25) is 0 Å². The molecule has 26 heavy (non-hydrogen) atoms. The van der Waals surface area contributed by atoms with E-state index in [9.17, 15) is 23.5 Å². The minimum Gasteiger partial charge on any atom is -0.481 e. The summed E-state index contributed by atoms with van der Waals surface area (Å²) in [5.74, 6) is -4.49. The number of rotatable bonds is 6. The van der Waals surface area contributed by atoms with Crippen LogP contribution in [0.15, 0.2) is 48.5 Å². The van der Waals surface area contributed by atoms with Gasteiger partial charge in [-0.05, 0) is 42.5 Å². The van der Waals surface area contributed by atoms with Crippen LogP contribution >= 0.6 is 0 Å². The highest BCUT2D eigenvalue weighted by molar-refractivity contribution is 5.84. The molecule has 1 fully saturated rings. The summed E-state index contributed by atoms with van der Waals surface area (Å²) in [5.41, 5.74) is 1.28. The van der Waals surface area contributed by atoms with Gasteiger partial charge in [0.25, 0.3) is 0 Å². The molecule has 4 unspecified atom stereocenters. The first-order chi connectivity index (χ1) is 12.4. The maximum Gasteiger partial charge on any atom is 0.308 e. The highest BCUT2D eigenvalue weighted by atomic mass is 19.2. The van der Waals surface area contributed by atoms with E-state index in [0.29, 0.717) is 17.5 Å². The van der Waals surface area contributed by atoms with E-state index in [1.807, 2.05) is 6.07 Å².